The molecular formula is C24H31N3O2. The van der Waals surface area contributed by atoms with Crippen LogP contribution in [0, 0.1) is 0 Å². The van der Waals surface area contributed by atoms with Crippen molar-refractivity contribution in [2.75, 3.05) is 49.6 Å². The highest BCUT2D eigenvalue weighted by Gasteiger charge is 2.29. The molecule has 2 heterocycles. The number of carbonyl (C=O) groups excluding carboxylic acids is 1. The Hall–Kier alpha value is -2.53. The molecule has 0 aromatic heterocycles. The highest BCUT2D eigenvalue weighted by molar-refractivity contribution is 5.96. The summed E-state index contributed by atoms with van der Waals surface area (Å²) in [6.45, 7) is 6.48. The van der Waals surface area contributed by atoms with Gasteiger partial charge in [0.15, 0.2) is 0 Å². The van der Waals surface area contributed by atoms with Crippen LogP contribution in [0.1, 0.15) is 25.3 Å². The average Bonchev–Trinajstić information content (AvgIpc) is 2.99. The molecule has 2 aliphatic heterocycles. The van der Waals surface area contributed by atoms with E-state index in [-0.39, 0.29) is 11.9 Å². The number of benzene rings is 2. The quantitative estimate of drug-likeness (QED) is 0.796. The summed E-state index contributed by atoms with van der Waals surface area (Å²) >= 11 is 0. The van der Waals surface area contributed by atoms with Crippen LogP contribution in [0.4, 0.5) is 11.4 Å². The Morgan fingerprint density at radius 2 is 1.83 bits per heavy atom. The number of amides is 1. The Morgan fingerprint density at radius 1 is 1.03 bits per heavy atom. The molecule has 1 saturated heterocycles. The van der Waals surface area contributed by atoms with Gasteiger partial charge in [-0.15, -0.1) is 0 Å². The Morgan fingerprint density at radius 3 is 2.62 bits per heavy atom. The Labute approximate surface area is 173 Å². The fraction of sp³-hybridized carbons (Fsp3) is 0.458. The monoisotopic (exact) mass is 393 g/mol. The van der Waals surface area contributed by atoms with Gasteiger partial charge in [0.25, 0.3) is 0 Å². The van der Waals surface area contributed by atoms with E-state index in [1.807, 2.05) is 23.1 Å². The van der Waals surface area contributed by atoms with E-state index in [2.05, 4.69) is 47.1 Å². The topological polar surface area (TPSA) is 36.0 Å². The number of aryl methyl sites for hydroxylation is 1. The maximum atomic E-state index is 13.2. The Bertz CT molecular complexity index is 836. The third-order valence-corrected chi connectivity index (χ3v) is 6.18. The van der Waals surface area contributed by atoms with Crippen LogP contribution in [0.5, 0.6) is 5.75 Å². The van der Waals surface area contributed by atoms with Crippen LogP contribution < -0.4 is 14.5 Å². The summed E-state index contributed by atoms with van der Waals surface area (Å²) in [6.07, 6.45) is 3.15. The van der Waals surface area contributed by atoms with Crippen molar-refractivity contribution >= 4 is 17.3 Å². The van der Waals surface area contributed by atoms with E-state index in [4.69, 9.17) is 4.74 Å². The van der Waals surface area contributed by atoms with Gasteiger partial charge >= 0.3 is 0 Å². The first-order valence-corrected chi connectivity index (χ1v) is 10.7. The van der Waals surface area contributed by atoms with Gasteiger partial charge in [-0.1, -0.05) is 18.2 Å². The van der Waals surface area contributed by atoms with E-state index in [9.17, 15) is 4.79 Å². The molecule has 0 spiro atoms. The van der Waals surface area contributed by atoms with Crippen LogP contribution in [0.15, 0.2) is 48.5 Å². The minimum Gasteiger partial charge on any atom is -0.497 e. The molecule has 2 aromatic carbocycles. The van der Waals surface area contributed by atoms with Crippen molar-refractivity contribution in [3.8, 4) is 5.75 Å². The summed E-state index contributed by atoms with van der Waals surface area (Å²) in [6, 6.07) is 16.9. The summed E-state index contributed by atoms with van der Waals surface area (Å²) in [5.74, 6) is 1.11. The number of anilines is 2. The third kappa shape index (κ3) is 4.40. The standard InChI is InChI=1S/C24H31N3O2/c1-19-8-9-20-6-3-4-7-23(20)27(19)24(28)18-25-14-5-15-26(17-16-25)21-10-12-22(29-2)13-11-21/h3-4,6-7,10-13,19H,5,8-9,14-18H2,1-2H3. The van der Waals surface area contributed by atoms with Crippen molar-refractivity contribution in [3.05, 3.63) is 54.1 Å². The van der Waals surface area contributed by atoms with Crippen LogP contribution in [-0.4, -0.2) is 56.7 Å². The van der Waals surface area contributed by atoms with E-state index in [1.54, 1.807) is 7.11 Å². The molecule has 1 fully saturated rings. The second kappa shape index (κ2) is 8.87. The van der Waals surface area contributed by atoms with Crippen molar-refractivity contribution in [3.63, 3.8) is 0 Å². The molecule has 29 heavy (non-hydrogen) atoms. The smallest absolute Gasteiger partial charge is 0.241 e. The van der Waals surface area contributed by atoms with E-state index in [0.717, 1.165) is 56.9 Å². The van der Waals surface area contributed by atoms with E-state index in [0.29, 0.717) is 6.54 Å². The largest absolute Gasteiger partial charge is 0.497 e. The molecule has 5 heteroatoms. The van der Waals surface area contributed by atoms with Gasteiger partial charge in [0.2, 0.25) is 5.91 Å². The zero-order chi connectivity index (χ0) is 20.2. The fourth-order valence-electron chi connectivity index (χ4n) is 4.52. The molecule has 0 N–H and O–H groups in total. The zero-order valence-electron chi connectivity index (χ0n) is 17.5. The molecule has 2 aliphatic rings. The van der Waals surface area contributed by atoms with Crippen molar-refractivity contribution < 1.29 is 9.53 Å². The Balaban J connectivity index is 1.39. The molecule has 0 radical (unpaired) electrons. The number of fused-ring (bicyclic) bond motifs is 1. The second-order valence-corrected chi connectivity index (χ2v) is 8.09. The number of ether oxygens (including phenoxy) is 1. The van der Waals surface area contributed by atoms with E-state index < -0.39 is 0 Å². The number of para-hydroxylation sites is 1. The number of methoxy groups -OCH3 is 1. The summed E-state index contributed by atoms with van der Waals surface area (Å²) in [4.78, 5) is 20.0. The van der Waals surface area contributed by atoms with Gasteiger partial charge in [-0.2, -0.15) is 0 Å². The minimum absolute atomic E-state index is 0.225. The number of nitrogens with zero attached hydrogens (tertiary/aromatic N) is 3. The molecule has 0 bridgehead atoms. The number of rotatable bonds is 4. The lowest BCUT2D eigenvalue weighted by Gasteiger charge is -2.36. The molecule has 2 aromatic rings. The lowest BCUT2D eigenvalue weighted by molar-refractivity contribution is -0.120. The van der Waals surface area contributed by atoms with Crippen molar-refractivity contribution in [1.29, 1.82) is 0 Å². The van der Waals surface area contributed by atoms with Crippen LogP contribution in [0.3, 0.4) is 0 Å². The molecule has 5 nitrogen and oxygen atoms in total. The van der Waals surface area contributed by atoms with Gasteiger partial charge in [0.05, 0.1) is 13.7 Å². The summed E-state index contributed by atoms with van der Waals surface area (Å²) in [5.41, 5.74) is 3.61. The van der Waals surface area contributed by atoms with Crippen molar-refractivity contribution in [2.24, 2.45) is 0 Å². The first-order valence-electron chi connectivity index (χ1n) is 10.7. The summed E-state index contributed by atoms with van der Waals surface area (Å²) in [7, 11) is 1.69. The molecule has 1 unspecified atom stereocenters. The SMILES string of the molecule is COc1ccc(N2CCCN(CC(=O)N3c4ccccc4CCC3C)CC2)cc1. The summed E-state index contributed by atoms with van der Waals surface area (Å²) < 4.78 is 5.26. The van der Waals surface area contributed by atoms with Gasteiger partial charge in [0, 0.05) is 43.6 Å². The zero-order valence-corrected chi connectivity index (χ0v) is 17.5. The number of hydrogen-bond acceptors (Lipinski definition) is 4. The number of carbonyl (C=O) groups is 1. The molecule has 154 valence electrons. The second-order valence-electron chi connectivity index (χ2n) is 8.09. The fourth-order valence-corrected chi connectivity index (χ4v) is 4.52. The van der Waals surface area contributed by atoms with Crippen LogP contribution in [-0.2, 0) is 11.2 Å². The summed E-state index contributed by atoms with van der Waals surface area (Å²) in [5, 5.41) is 0. The van der Waals surface area contributed by atoms with Gasteiger partial charge in [-0.3, -0.25) is 9.69 Å². The van der Waals surface area contributed by atoms with Gasteiger partial charge in [-0.05, 0) is 62.1 Å². The molecule has 0 saturated carbocycles. The first kappa shape index (κ1) is 19.8. The molecule has 1 atom stereocenters. The van der Waals surface area contributed by atoms with Crippen molar-refractivity contribution in [1.82, 2.24) is 4.90 Å². The lowest BCUT2D eigenvalue weighted by Crippen LogP contribution is -2.47. The average molecular weight is 394 g/mol. The highest BCUT2D eigenvalue weighted by Crippen LogP contribution is 2.30. The van der Waals surface area contributed by atoms with Gasteiger partial charge in [-0.25, -0.2) is 0 Å². The first-order chi connectivity index (χ1) is 14.2. The van der Waals surface area contributed by atoms with Gasteiger partial charge in [0.1, 0.15) is 5.75 Å². The van der Waals surface area contributed by atoms with Crippen LogP contribution >= 0.6 is 0 Å². The number of hydrogen-bond donors (Lipinski definition) is 0. The predicted molar refractivity (Wildman–Crippen MR) is 118 cm³/mol. The van der Waals surface area contributed by atoms with E-state index in [1.165, 1.54) is 11.3 Å². The molecule has 4 rings (SSSR count). The van der Waals surface area contributed by atoms with Crippen LogP contribution in [0.2, 0.25) is 0 Å². The van der Waals surface area contributed by atoms with Gasteiger partial charge < -0.3 is 14.5 Å². The maximum absolute atomic E-state index is 13.2. The molecule has 1 amide bonds. The van der Waals surface area contributed by atoms with Crippen LogP contribution in [0.25, 0.3) is 0 Å². The maximum Gasteiger partial charge on any atom is 0.241 e. The van der Waals surface area contributed by atoms with E-state index >= 15 is 0 Å². The third-order valence-electron chi connectivity index (χ3n) is 6.18. The normalized spacial score (nSPS) is 20.1. The highest BCUT2D eigenvalue weighted by atomic mass is 16.5. The molecule has 0 aliphatic carbocycles. The minimum atomic E-state index is 0.225. The van der Waals surface area contributed by atoms with Crippen molar-refractivity contribution in [2.45, 2.75) is 32.2 Å². The molecular weight excluding hydrogens is 362 g/mol. The predicted octanol–water partition coefficient (Wildman–Crippen LogP) is 3.58. The lowest BCUT2D eigenvalue weighted by atomic mass is 9.96. The Kier molecular flexibility index (Phi) is 6.05.